The number of fused-ring (bicyclic) bond motifs is 1. The Hall–Kier alpha value is -2.05. The van der Waals surface area contributed by atoms with E-state index in [1.807, 2.05) is 0 Å². The van der Waals surface area contributed by atoms with Crippen LogP contribution in [0.1, 0.15) is 6.23 Å². The molecule has 11 nitrogen and oxygen atoms in total. The zero-order valence-corrected chi connectivity index (χ0v) is 10.7. The van der Waals surface area contributed by atoms with Gasteiger partial charge in [-0.1, -0.05) is 0 Å². The Morgan fingerprint density at radius 3 is 2.71 bits per heavy atom. The summed E-state index contributed by atoms with van der Waals surface area (Å²) >= 11 is 0. The van der Waals surface area contributed by atoms with Gasteiger partial charge >= 0.3 is 0 Å². The molecule has 7 N–H and O–H groups in total. The van der Waals surface area contributed by atoms with Gasteiger partial charge in [0.1, 0.15) is 23.8 Å². The monoisotopic (exact) mass is 298 g/mol. The molecule has 1 aliphatic heterocycles. The third-order valence-corrected chi connectivity index (χ3v) is 3.34. The van der Waals surface area contributed by atoms with Crippen molar-refractivity contribution in [3.63, 3.8) is 0 Å². The highest BCUT2D eigenvalue weighted by atomic mass is 16.6. The van der Waals surface area contributed by atoms with Gasteiger partial charge in [-0.15, -0.1) is 0 Å². The first-order valence-electron chi connectivity index (χ1n) is 6.09. The van der Waals surface area contributed by atoms with E-state index in [-0.39, 0.29) is 22.9 Å². The number of aliphatic hydroxyl groups excluding tert-OH is 3. The Kier molecular flexibility index (Phi) is 3.35. The Labute approximate surface area is 117 Å². The van der Waals surface area contributed by atoms with E-state index in [2.05, 4.69) is 15.0 Å². The summed E-state index contributed by atoms with van der Waals surface area (Å²) < 4.78 is 6.73. The van der Waals surface area contributed by atoms with Crippen LogP contribution in [0, 0.1) is 0 Å². The molecule has 0 saturated carbocycles. The predicted molar refractivity (Wildman–Crippen MR) is 68.2 cm³/mol. The summed E-state index contributed by atoms with van der Waals surface area (Å²) in [5.41, 5.74) is 7.92. The molecule has 11 heteroatoms. The van der Waals surface area contributed by atoms with Gasteiger partial charge in [-0.25, -0.2) is 10.5 Å². The maximum absolute atomic E-state index is 10.0. The van der Waals surface area contributed by atoms with Gasteiger partial charge in [0.2, 0.25) is 0 Å². The van der Waals surface area contributed by atoms with Gasteiger partial charge in [0, 0.05) is 0 Å². The molecule has 0 spiro atoms. The van der Waals surface area contributed by atoms with E-state index >= 15 is 0 Å². The van der Waals surface area contributed by atoms with Crippen LogP contribution in [0.15, 0.2) is 6.33 Å². The van der Waals surface area contributed by atoms with E-state index in [0.29, 0.717) is 0 Å². The molecule has 0 aliphatic carbocycles. The van der Waals surface area contributed by atoms with Crippen LogP contribution in [0.3, 0.4) is 0 Å². The van der Waals surface area contributed by atoms with Gasteiger partial charge in [-0.05, 0) is 0 Å². The molecule has 3 heterocycles. The highest BCUT2D eigenvalue weighted by Gasteiger charge is 2.44. The largest absolute Gasteiger partial charge is 0.394 e. The predicted octanol–water partition coefficient (Wildman–Crippen LogP) is -2.18. The van der Waals surface area contributed by atoms with Crippen LogP contribution in [0.5, 0.6) is 0 Å². The summed E-state index contributed by atoms with van der Waals surface area (Å²) in [5.74, 6) is -0.115. The quantitative estimate of drug-likeness (QED) is 0.342. The number of aromatic nitrogens is 4. The molecule has 114 valence electrons. The number of imidazole rings is 1. The van der Waals surface area contributed by atoms with Gasteiger partial charge in [0.25, 0.3) is 5.95 Å². The SMILES string of the molecule is Nc1nc(NO)nc2c1ncn2[C@@H]1O[C@H](CO)[C@@H](O)[C@H]1O. The van der Waals surface area contributed by atoms with Crippen molar-refractivity contribution >= 4 is 22.9 Å². The van der Waals surface area contributed by atoms with Crippen LogP contribution >= 0.6 is 0 Å². The topological polar surface area (TPSA) is 172 Å². The maximum Gasteiger partial charge on any atom is 0.251 e. The van der Waals surface area contributed by atoms with Gasteiger partial charge in [0.15, 0.2) is 17.7 Å². The molecule has 0 radical (unpaired) electrons. The molecule has 1 fully saturated rings. The van der Waals surface area contributed by atoms with Crippen molar-refractivity contribution in [3.05, 3.63) is 6.33 Å². The van der Waals surface area contributed by atoms with Crippen LogP contribution < -0.4 is 11.2 Å². The van der Waals surface area contributed by atoms with E-state index in [1.54, 1.807) is 5.48 Å². The van der Waals surface area contributed by atoms with E-state index < -0.39 is 31.1 Å². The van der Waals surface area contributed by atoms with Crippen molar-refractivity contribution in [1.29, 1.82) is 0 Å². The van der Waals surface area contributed by atoms with Crippen molar-refractivity contribution < 1.29 is 25.3 Å². The molecule has 21 heavy (non-hydrogen) atoms. The summed E-state index contributed by atoms with van der Waals surface area (Å²) in [4.78, 5) is 11.8. The Bertz CT molecular complexity index is 663. The molecule has 3 rings (SSSR count). The standard InChI is InChI=1S/C10H14N6O5/c11-7-4-8(14-10(13-7)15-20)16(2-12-4)9-6(19)5(18)3(1-17)21-9/h2-3,5-6,9,17-20H,1H2,(H3,11,13,14,15)/t3-,5-,6-,9-/m1/s1. The number of aliphatic hydroxyl groups is 3. The molecule has 0 bridgehead atoms. The zero-order chi connectivity index (χ0) is 15.1. The summed E-state index contributed by atoms with van der Waals surface area (Å²) in [6, 6.07) is 0. The number of nitrogens with zero attached hydrogens (tertiary/aromatic N) is 4. The van der Waals surface area contributed by atoms with Crippen molar-refractivity contribution in [2.75, 3.05) is 17.8 Å². The molecule has 1 aliphatic rings. The van der Waals surface area contributed by atoms with E-state index in [0.717, 1.165) is 0 Å². The number of nitrogens with one attached hydrogen (secondary N) is 1. The maximum atomic E-state index is 10.0. The Morgan fingerprint density at radius 2 is 2.10 bits per heavy atom. The first-order chi connectivity index (χ1) is 10.1. The lowest BCUT2D eigenvalue weighted by atomic mass is 10.1. The summed E-state index contributed by atoms with van der Waals surface area (Å²) in [5, 5.41) is 37.8. The van der Waals surface area contributed by atoms with Gasteiger partial charge in [0.05, 0.1) is 12.9 Å². The molecule has 1 saturated heterocycles. The first-order valence-corrected chi connectivity index (χ1v) is 6.09. The van der Waals surface area contributed by atoms with Crippen LogP contribution in [-0.2, 0) is 4.74 Å². The van der Waals surface area contributed by atoms with Gasteiger partial charge in [-0.2, -0.15) is 9.97 Å². The lowest BCUT2D eigenvalue weighted by molar-refractivity contribution is -0.0511. The molecular weight excluding hydrogens is 284 g/mol. The highest BCUT2D eigenvalue weighted by molar-refractivity contribution is 5.82. The zero-order valence-electron chi connectivity index (χ0n) is 10.7. The van der Waals surface area contributed by atoms with Crippen molar-refractivity contribution in [1.82, 2.24) is 19.5 Å². The smallest absolute Gasteiger partial charge is 0.251 e. The van der Waals surface area contributed by atoms with E-state index in [4.69, 9.17) is 20.8 Å². The number of hydrogen-bond acceptors (Lipinski definition) is 10. The fourth-order valence-corrected chi connectivity index (χ4v) is 2.28. The lowest BCUT2D eigenvalue weighted by Gasteiger charge is -2.16. The van der Waals surface area contributed by atoms with Crippen LogP contribution in [0.4, 0.5) is 11.8 Å². The lowest BCUT2D eigenvalue weighted by Crippen LogP contribution is -2.33. The second kappa shape index (κ2) is 5.05. The van der Waals surface area contributed by atoms with Crippen molar-refractivity contribution in [2.45, 2.75) is 24.5 Å². The highest BCUT2D eigenvalue weighted by Crippen LogP contribution is 2.32. The van der Waals surface area contributed by atoms with E-state index in [1.165, 1.54) is 10.9 Å². The number of nitrogen functional groups attached to an aromatic ring is 1. The van der Waals surface area contributed by atoms with Crippen LogP contribution in [0.2, 0.25) is 0 Å². The Balaban J connectivity index is 2.07. The minimum atomic E-state index is -1.28. The normalized spacial score (nSPS) is 29.1. The number of anilines is 2. The molecule has 4 atom stereocenters. The van der Waals surface area contributed by atoms with Gasteiger partial charge < -0.3 is 25.8 Å². The molecular formula is C10H14N6O5. The Morgan fingerprint density at radius 1 is 1.33 bits per heavy atom. The number of hydrogen-bond donors (Lipinski definition) is 6. The number of nitrogens with two attached hydrogens (primary N) is 1. The first kappa shape index (κ1) is 13.9. The molecule has 0 unspecified atom stereocenters. The third-order valence-electron chi connectivity index (χ3n) is 3.34. The third kappa shape index (κ3) is 2.07. The molecule has 0 amide bonds. The number of rotatable bonds is 3. The minimum Gasteiger partial charge on any atom is -0.394 e. The summed E-state index contributed by atoms with van der Waals surface area (Å²) in [6.07, 6.45) is -3.12. The molecule has 2 aromatic heterocycles. The average molecular weight is 298 g/mol. The van der Waals surface area contributed by atoms with E-state index in [9.17, 15) is 10.2 Å². The molecule has 2 aromatic rings. The fourth-order valence-electron chi connectivity index (χ4n) is 2.28. The van der Waals surface area contributed by atoms with Crippen LogP contribution in [-0.4, -0.2) is 65.0 Å². The summed E-state index contributed by atoms with van der Waals surface area (Å²) in [7, 11) is 0. The second-order valence-corrected chi connectivity index (χ2v) is 4.60. The second-order valence-electron chi connectivity index (χ2n) is 4.60. The van der Waals surface area contributed by atoms with Gasteiger partial charge in [-0.3, -0.25) is 9.77 Å². The molecule has 0 aromatic carbocycles. The van der Waals surface area contributed by atoms with Crippen molar-refractivity contribution in [3.8, 4) is 0 Å². The van der Waals surface area contributed by atoms with Crippen molar-refractivity contribution in [2.24, 2.45) is 0 Å². The fraction of sp³-hybridized carbons (Fsp3) is 0.500. The summed E-state index contributed by atoms with van der Waals surface area (Å²) in [6.45, 7) is -0.443. The minimum absolute atomic E-state index is 0.0297. The average Bonchev–Trinajstić information content (AvgIpc) is 3.02. The van der Waals surface area contributed by atoms with Crippen LogP contribution in [0.25, 0.3) is 11.2 Å². The number of ether oxygens (including phenoxy) is 1.